The zero-order valence-electron chi connectivity index (χ0n) is 10.1. The van der Waals surface area contributed by atoms with Crippen molar-refractivity contribution < 1.29 is 9.50 Å². The van der Waals surface area contributed by atoms with Crippen molar-refractivity contribution in [1.29, 1.82) is 0 Å². The Kier molecular flexibility index (Phi) is 2.49. The topological polar surface area (TPSA) is 23.5 Å². The molecule has 1 saturated heterocycles. The second-order valence-electron chi connectivity index (χ2n) is 5.56. The van der Waals surface area contributed by atoms with E-state index in [1.165, 1.54) is 12.1 Å². The highest BCUT2D eigenvalue weighted by Gasteiger charge is 2.51. The van der Waals surface area contributed by atoms with Crippen molar-refractivity contribution in [1.82, 2.24) is 4.90 Å². The van der Waals surface area contributed by atoms with Crippen molar-refractivity contribution in [3.63, 3.8) is 0 Å². The average Bonchev–Trinajstić information content (AvgIpc) is 2.81. The van der Waals surface area contributed by atoms with Gasteiger partial charge in [0.05, 0.1) is 5.60 Å². The van der Waals surface area contributed by atoms with Crippen LogP contribution in [0.2, 0.25) is 0 Å². The largest absolute Gasteiger partial charge is 0.385 e. The third kappa shape index (κ3) is 1.69. The summed E-state index contributed by atoms with van der Waals surface area (Å²) in [6.45, 7) is 2.02. The van der Waals surface area contributed by atoms with Gasteiger partial charge in [0.15, 0.2) is 0 Å². The zero-order chi connectivity index (χ0) is 12.0. The number of fused-ring (bicyclic) bond motifs is 1. The molecule has 0 aromatic heterocycles. The maximum absolute atomic E-state index is 12.9. The van der Waals surface area contributed by atoms with Crippen LogP contribution in [-0.4, -0.2) is 30.1 Å². The molecule has 1 N–H and O–H groups in total. The first kappa shape index (κ1) is 11.2. The van der Waals surface area contributed by atoms with E-state index < -0.39 is 5.60 Å². The molecule has 92 valence electrons. The Balaban J connectivity index is 1.93. The van der Waals surface area contributed by atoms with Crippen molar-refractivity contribution in [3.05, 3.63) is 35.6 Å². The summed E-state index contributed by atoms with van der Waals surface area (Å²) in [6, 6.07) is 6.35. The molecular weight excluding hydrogens is 217 g/mol. The van der Waals surface area contributed by atoms with Gasteiger partial charge >= 0.3 is 0 Å². The molecule has 0 amide bonds. The summed E-state index contributed by atoms with van der Waals surface area (Å²) < 4.78 is 12.9. The van der Waals surface area contributed by atoms with Crippen molar-refractivity contribution in [3.8, 4) is 0 Å². The standard InChI is InChI=1S/C14H18FNO/c1-16-8-10-6-7-14(17,13(10)9-16)11-2-4-12(15)5-3-11/h2-5,10,13,17H,6-9H2,1H3/t10-,13+,14+/m0/s1. The second kappa shape index (κ2) is 3.79. The number of likely N-dealkylation sites (tertiary alicyclic amines) is 1. The van der Waals surface area contributed by atoms with Crippen LogP contribution in [0.15, 0.2) is 24.3 Å². The van der Waals surface area contributed by atoms with E-state index in [0.29, 0.717) is 11.8 Å². The third-order valence-corrected chi connectivity index (χ3v) is 4.48. The van der Waals surface area contributed by atoms with E-state index in [1.807, 2.05) is 0 Å². The molecule has 1 aliphatic heterocycles. The molecule has 3 rings (SSSR count). The van der Waals surface area contributed by atoms with Gasteiger partial charge in [0.25, 0.3) is 0 Å². The average molecular weight is 235 g/mol. The maximum Gasteiger partial charge on any atom is 0.123 e. The number of benzene rings is 1. The van der Waals surface area contributed by atoms with E-state index in [1.54, 1.807) is 12.1 Å². The predicted molar refractivity (Wildman–Crippen MR) is 64.0 cm³/mol. The molecule has 0 unspecified atom stereocenters. The predicted octanol–water partition coefficient (Wildman–Crippen LogP) is 1.98. The van der Waals surface area contributed by atoms with Crippen LogP contribution >= 0.6 is 0 Å². The Morgan fingerprint density at radius 3 is 2.71 bits per heavy atom. The highest BCUT2D eigenvalue weighted by atomic mass is 19.1. The first-order valence-corrected chi connectivity index (χ1v) is 6.26. The lowest BCUT2D eigenvalue weighted by atomic mass is 9.82. The van der Waals surface area contributed by atoms with Crippen LogP contribution in [0.25, 0.3) is 0 Å². The number of hydrogen-bond acceptors (Lipinski definition) is 2. The van der Waals surface area contributed by atoms with Gasteiger partial charge in [-0.05, 0) is 43.5 Å². The summed E-state index contributed by atoms with van der Waals surface area (Å²) >= 11 is 0. The van der Waals surface area contributed by atoms with E-state index in [4.69, 9.17) is 0 Å². The van der Waals surface area contributed by atoms with Gasteiger partial charge in [0.1, 0.15) is 5.82 Å². The van der Waals surface area contributed by atoms with Gasteiger partial charge in [-0.25, -0.2) is 4.39 Å². The molecule has 3 atom stereocenters. The minimum atomic E-state index is -0.747. The van der Waals surface area contributed by atoms with Gasteiger partial charge in [0, 0.05) is 19.0 Å². The van der Waals surface area contributed by atoms with Gasteiger partial charge in [-0.1, -0.05) is 12.1 Å². The van der Waals surface area contributed by atoms with Crippen LogP contribution < -0.4 is 0 Å². The third-order valence-electron chi connectivity index (χ3n) is 4.48. The van der Waals surface area contributed by atoms with Gasteiger partial charge in [-0.15, -0.1) is 0 Å². The summed E-state index contributed by atoms with van der Waals surface area (Å²) in [5.41, 5.74) is 0.130. The molecule has 1 heterocycles. The first-order valence-electron chi connectivity index (χ1n) is 6.26. The molecule has 1 saturated carbocycles. The Bertz CT molecular complexity index is 419. The lowest BCUT2D eigenvalue weighted by Gasteiger charge is -2.30. The van der Waals surface area contributed by atoms with Crippen LogP contribution in [0.4, 0.5) is 4.39 Å². The van der Waals surface area contributed by atoms with Gasteiger partial charge in [0.2, 0.25) is 0 Å². The van der Waals surface area contributed by atoms with Gasteiger partial charge in [-0.3, -0.25) is 0 Å². The Labute approximate surface area is 101 Å². The number of halogens is 1. The molecule has 0 bridgehead atoms. The summed E-state index contributed by atoms with van der Waals surface area (Å²) in [7, 11) is 2.10. The van der Waals surface area contributed by atoms with E-state index in [-0.39, 0.29) is 5.82 Å². The fourth-order valence-corrected chi connectivity index (χ4v) is 3.61. The normalized spacial score (nSPS) is 37.4. The molecule has 0 spiro atoms. The number of rotatable bonds is 1. The van der Waals surface area contributed by atoms with Crippen LogP contribution in [0.1, 0.15) is 18.4 Å². The zero-order valence-corrected chi connectivity index (χ0v) is 10.1. The fraction of sp³-hybridized carbons (Fsp3) is 0.571. The SMILES string of the molecule is CN1C[C@@H]2CC[C@@](O)(c3ccc(F)cc3)[C@@H]2C1. The molecular formula is C14H18FNO. The van der Waals surface area contributed by atoms with E-state index in [0.717, 1.165) is 31.5 Å². The summed E-state index contributed by atoms with van der Waals surface area (Å²) in [6.07, 6.45) is 1.88. The monoisotopic (exact) mass is 235 g/mol. The Hall–Kier alpha value is -0.930. The van der Waals surface area contributed by atoms with Crippen LogP contribution in [0, 0.1) is 17.7 Å². The quantitative estimate of drug-likeness (QED) is 0.804. The van der Waals surface area contributed by atoms with Crippen molar-refractivity contribution in [2.75, 3.05) is 20.1 Å². The van der Waals surface area contributed by atoms with Crippen LogP contribution in [-0.2, 0) is 5.60 Å². The van der Waals surface area contributed by atoms with Gasteiger partial charge in [-0.2, -0.15) is 0 Å². The summed E-state index contributed by atoms with van der Waals surface area (Å²) in [5.74, 6) is 0.656. The smallest absolute Gasteiger partial charge is 0.123 e. The molecule has 0 radical (unpaired) electrons. The lowest BCUT2D eigenvalue weighted by molar-refractivity contribution is -0.00565. The van der Waals surface area contributed by atoms with Crippen molar-refractivity contribution >= 4 is 0 Å². The Morgan fingerprint density at radius 1 is 1.29 bits per heavy atom. The fourth-order valence-electron chi connectivity index (χ4n) is 3.61. The number of nitrogens with zero attached hydrogens (tertiary/aromatic N) is 1. The number of hydrogen-bond donors (Lipinski definition) is 1. The lowest BCUT2D eigenvalue weighted by Crippen LogP contribution is -2.34. The molecule has 17 heavy (non-hydrogen) atoms. The Morgan fingerprint density at radius 2 is 2.00 bits per heavy atom. The molecule has 3 heteroatoms. The van der Waals surface area contributed by atoms with Gasteiger partial charge < -0.3 is 10.0 Å². The van der Waals surface area contributed by atoms with Crippen molar-refractivity contribution in [2.45, 2.75) is 18.4 Å². The molecule has 1 aliphatic carbocycles. The van der Waals surface area contributed by atoms with Crippen LogP contribution in [0.5, 0.6) is 0 Å². The summed E-state index contributed by atoms with van der Waals surface area (Å²) in [4.78, 5) is 2.28. The minimum absolute atomic E-state index is 0.240. The second-order valence-corrected chi connectivity index (χ2v) is 5.56. The number of aliphatic hydroxyl groups is 1. The summed E-state index contributed by atoms with van der Waals surface area (Å²) in [5, 5.41) is 10.9. The van der Waals surface area contributed by atoms with E-state index in [9.17, 15) is 9.50 Å². The molecule has 2 fully saturated rings. The molecule has 1 aromatic rings. The maximum atomic E-state index is 12.9. The minimum Gasteiger partial charge on any atom is -0.385 e. The van der Waals surface area contributed by atoms with E-state index >= 15 is 0 Å². The molecule has 2 aliphatic rings. The van der Waals surface area contributed by atoms with E-state index in [2.05, 4.69) is 11.9 Å². The molecule has 1 aromatic carbocycles. The first-order chi connectivity index (χ1) is 8.09. The highest BCUT2D eigenvalue weighted by Crippen LogP contribution is 2.50. The van der Waals surface area contributed by atoms with Crippen LogP contribution in [0.3, 0.4) is 0 Å². The highest BCUT2D eigenvalue weighted by molar-refractivity contribution is 5.26. The molecule has 2 nitrogen and oxygen atoms in total. The van der Waals surface area contributed by atoms with Crippen molar-refractivity contribution in [2.24, 2.45) is 11.8 Å².